The molecule has 1 fully saturated rings. The summed E-state index contributed by atoms with van der Waals surface area (Å²) in [6, 6.07) is 14.4. The second-order valence-electron chi connectivity index (χ2n) is 6.55. The largest absolute Gasteiger partial charge is 0.371 e. The van der Waals surface area contributed by atoms with E-state index in [-0.39, 0.29) is 5.91 Å². The molecule has 0 atom stereocenters. The van der Waals surface area contributed by atoms with Crippen LogP contribution in [-0.2, 0) is 6.54 Å². The standard InChI is InChI=1S/C20H24N4O2/c1-23(19(25)15-8-6-9-17(13-15)22-20(21)26)14-16-7-2-3-10-18(16)24-11-4-5-12-24/h2-3,6-10,13H,4-5,11-12,14H2,1H3,(H3,21,22,26). The molecule has 1 heterocycles. The first-order chi connectivity index (χ1) is 12.5. The molecule has 0 saturated carbocycles. The van der Waals surface area contributed by atoms with E-state index in [0.29, 0.717) is 17.8 Å². The number of nitrogens with zero attached hydrogens (tertiary/aromatic N) is 2. The molecule has 0 bridgehead atoms. The highest BCUT2D eigenvalue weighted by molar-refractivity contribution is 5.96. The number of urea groups is 1. The lowest BCUT2D eigenvalue weighted by Gasteiger charge is -2.24. The van der Waals surface area contributed by atoms with Crippen LogP contribution in [-0.4, -0.2) is 37.0 Å². The Morgan fingerprint density at radius 1 is 1.12 bits per heavy atom. The Bertz CT molecular complexity index is 800. The van der Waals surface area contributed by atoms with E-state index >= 15 is 0 Å². The van der Waals surface area contributed by atoms with Crippen molar-refractivity contribution >= 4 is 23.3 Å². The monoisotopic (exact) mass is 352 g/mol. The fraction of sp³-hybridized carbons (Fsp3) is 0.300. The van der Waals surface area contributed by atoms with E-state index in [0.717, 1.165) is 18.7 Å². The highest BCUT2D eigenvalue weighted by Crippen LogP contribution is 2.25. The molecule has 0 aromatic heterocycles. The number of carbonyl (C=O) groups excluding carboxylic acids is 2. The number of carbonyl (C=O) groups is 2. The van der Waals surface area contributed by atoms with Gasteiger partial charge in [-0.2, -0.15) is 0 Å². The number of primary amides is 1. The summed E-state index contributed by atoms with van der Waals surface area (Å²) in [7, 11) is 1.79. The lowest BCUT2D eigenvalue weighted by atomic mass is 10.1. The molecule has 3 N–H and O–H groups in total. The van der Waals surface area contributed by atoms with Gasteiger partial charge in [0.15, 0.2) is 0 Å². The molecule has 0 radical (unpaired) electrons. The maximum atomic E-state index is 12.8. The zero-order chi connectivity index (χ0) is 18.5. The number of rotatable bonds is 5. The molecule has 2 aromatic carbocycles. The van der Waals surface area contributed by atoms with Crippen molar-refractivity contribution in [1.82, 2.24) is 4.90 Å². The number of nitrogens with two attached hydrogens (primary N) is 1. The lowest BCUT2D eigenvalue weighted by Crippen LogP contribution is -2.28. The lowest BCUT2D eigenvalue weighted by molar-refractivity contribution is 0.0785. The van der Waals surface area contributed by atoms with Gasteiger partial charge in [0.1, 0.15) is 0 Å². The zero-order valence-corrected chi connectivity index (χ0v) is 14.9. The van der Waals surface area contributed by atoms with Gasteiger partial charge in [0.05, 0.1) is 0 Å². The molecule has 0 unspecified atom stereocenters. The van der Waals surface area contributed by atoms with Crippen LogP contribution in [0.1, 0.15) is 28.8 Å². The van der Waals surface area contributed by atoms with E-state index < -0.39 is 6.03 Å². The molecule has 6 nitrogen and oxygen atoms in total. The molecule has 1 saturated heterocycles. The summed E-state index contributed by atoms with van der Waals surface area (Å²) in [4.78, 5) is 27.9. The number of benzene rings is 2. The topological polar surface area (TPSA) is 78.7 Å². The number of amides is 3. The molecule has 1 aliphatic rings. The van der Waals surface area contributed by atoms with Crippen LogP contribution in [0.3, 0.4) is 0 Å². The van der Waals surface area contributed by atoms with Crippen LogP contribution < -0.4 is 16.0 Å². The van der Waals surface area contributed by atoms with E-state index in [1.54, 1.807) is 36.2 Å². The maximum absolute atomic E-state index is 12.8. The third kappa shape index (κ3) is 4.14. The second kappa shape index (κ2) is 7.91. The Balaban J connectivity index is 1.75. The first-order valence-corrected chi connectivity index (χ1v) is 8.79. The number of hydrogen-bond acceptors (Lipinski definition) is 3. The molecule has 2 aromatic rings. The van der Waals surface area contributed by atoms with E-state index in [1.807, 2.05) is 12.1 Å². The van der Waals surface area contributed by atoms with E-state index in [2.05, 4.69) is 22.3 Å². The van der Waals surface area contributed by atoms with Gasteiger partial charge in [-0.05, 0) is 42.7 Å². The predicted octanol–water partition coefficient (Wildman–Crippen LogP) is 3.05. The number of hydrogen-bond donors (Lipinski definition) is 2. The van der Waals surface area contributed by atoms with E-state index in [1.165, 1.54) is 18.5 Å². The zero-order valence-electron chi connectivity index (χ0n) is 14.9. The summed E-state index contributed by atoms with van der Waals surface area (Å²) in [5, 5.41) is 2.50. The van der Waals surface area contributed by atoms with Gasteiger partial charge in [-0.3, -0.25) is 4.79 Å². The summed E-state index contributed by atoms with van der Waals surface area (Å²) < 4.78 is 0. The van der Waals surface area contributed by atoms with Crippen molar-refractivity contribution in [3.05, 3.63) is 59.7 Å². The minimum atomic E-state index is -0.650. The molecule has 6 heteroatoms. The van der Waals surface area contributed by atoms with Crippen molar-refractivity contribution in [3.8, 4) is 0 Å². The Morgan fingerprint density at radius 2 is 1.85 bits per heavy atom. The minimum absolute atomic E-state index is 0.102. The smallest absolute Gasteiger partial charge is 0.316 e. The summed E-state index contributed by atoms with van der Waals surface area (Å²) in [5.74, 6) is -0.102. The van der Waals surface area contributed by atoms with Crippen molar-refractivity contribution in [2.45, 2.75) is 19.4 Å². The normalized spacial score (nSPS) is 13.5. The van der Waals surface area contributed by atoms with Gasteiger partial charge in [0.2, 0.25) is 0 Å². The van der Waals surface area contributed by atoms with Crippen LogP contribution in [0.5, 0.6) is 0 Å². The van der Waals surface area contributed by atoms with Crippen LogP contribution in [0.2, 0.25) is 0 Å². The van der Waals surface area contributed by atoms with E-state index in [4.69, 9.17) is 5.73 Å². The molecular formula is C20H24N4O2. The summed E-state index contributed by atoms with van der Waals surface area (Å²) in [6.07, 6.45) is 2.42. The Kier molecular flexibility index (Phi) is 5.41. The number of para-hydroxylation sites is 1. The Labute approximate surface area is 153 Å². The first kappa shape index (κ1) is 17.8. The summed E-state index contributed by atoms with van der Waals surface area (Å²) in [6.45, 7) is 2.66. The molecule has 26 heavy (non-hydrogen) atoms. The molecule has 1 aliphatic heterocycles. The average Bonchev–Trinajstić information content (AvgIpc) is 3.15. The quantitative estimate of drug-likeness (QED) is 0.868. The van der Waals surface area contributed by atoms with Gasteiger partial charge in [-0.1, -0.05) is 24.3 Å². The van der Waals surface area contributed by atoms with Crippen LogP contribution in [0.25, 0.3) is 0 Å². The molecule has 0 aliphatic carbocycles. The van der Waals surface area contributed by atoms with Gasteiger partial charge in [0.25, 0.3) is 5.91 Å². The van der Waals surface area contributed by atoms with Gasteiger partial charge in [-0.25, -0.2) is 4.79 Å². The van der Waals surface area contributed by atoms with Crippen LogP contribution in [0, 0.1) is 0 Å². The fourth-order valence-electron chi connectivity index (χ4n) is 3.33. The van der Waals surface area contributed by atoms with Crippen molar-refractivity contribution < 1.29 is 9.59 Å². The van der Waals surface area contributed by atoms with Gasteiger partial charge in [-0.15, -0.1) is 0 Å². The molecule has 3 rings (SSSR count). The number of anilines is 2. The summed E-state index contributed by atoms with van der Waals surface area (Å²) in [5.41, 5.74) is 8.50. The Hall–Kier alpha value is -3.02. The SMILES string of the molecule is CN(Cc1ccccc1N1CCCC1)C(=O)c1cccc(NC(N)=O)c1. The van der Waals surface area contributed by atoms with Crippen molar-refractivity contribution in [2.75, 3.05) is 30.4 Å². The molecule has 136 valence electrons. The molecule has 0 spiro atoms. The summed E-state index contributed by atoms with van der Waals surface area (Å²) >= 11 is 0. The van der Waals surface area contributed by atoms with Crippen molar-refractivity contribution in [2.24, 2.45) is 5.73 Å². The second-order valence-corrected chi connectivity index (χ2v) is 6.55. The Morgan fingerprint density at radius 3 is 2.58 bits per heavy atom. The minimum Gasteiger partial charge on any atom is -0.371 e. The van der Waals surface area contributed by atoms with E-state index in [9.17, 15) is 9.59 Å². The van der Waals surface area contributed by atoms with Gasteiger partial charge < -0.3 is 20.9 Å². The van der Waals surface area contributed by atoms with Gasteiger partial charge in [0, 0.05) is 43.6 Å². The molecular weight excluding hydrogens is 328 g/mol. The van der Waals surface area contributed by atoms with Crippen LogP contribution in [0.4, 0.5) is 16.2 Å². The first-order valence-electron chi connectivity index (χ1n) is 8.79. The number of nitrogens with one attached hydrogen (secondary N) is 1. The predicted molar refractivity (Wildman–Crippen MR) is 103 cm³/mol. The van der Waals surface area contributed by atoms with Crippen molar-refractivity contribution in [1.29, 1.82) is 0 Å². The van der Waals surface area contributed by atoms with Crippen LogP contribution >= 0.6 is 0 Å². The average molecular weight is 352 g/mol. The highest BCUT2D eigenvalue weighted by atomic mass is 16.2. The van der Waals surface area contributed by atoms with Crippen LogP contribution in [0.15, 0.2) is 48.5 Å². The molecule has 3 amide bonds. The van der Waals surface area contributed by atoms with Crippen molar-refractivity contribution in [3.63, 3.8) is 0 Å². The highest BCUT2D eigenvalue weighted by Gasteiger charge is 2.18. The maximum Gasteiger partial charge on any atom is 0.316 e. The fourth-order valence-corrected chi connectivity index (χ4v) is 3.33. The van der Waals surface area contributed by atoms with Gasteiger partial charge >= 0.3 is 6.03 Å². The third-order valence-corrected chi connectivity index (χ3v) is 4.57. The third-order valence-electron chi connectivity index (χ3n) is 4.57.